The summed E-state index contributed by atoms with van der Waals surface area (Å²) in [5, 5.41) is 0. The highest BCUT2D eigenvalue weighted by Gasteiger charge is 1.98. The standard InChI is InChI=1S/C14H15/c1-10-9-14(12(3)11(10)2)13-7-5-4-6-8-13/h4-9H,1-3H3/q-1. The van der Waals surface area contributed by atoms with E-state index < -0.39 is 0 Å². The van der Waals surface area contributed by atoms with Gasteiger partial charge in [-0.05, 0) is 0 Å². The molecule has 0 aliphatic carbocycles. The quantitative estimate of drug-likeness (QED) is 0.586. The van der Waals surface area contributed by atoms with Crippen LogP contribution in [0.2, 0.25) is 0 Å². The van der Waals surface area contributed by atoms with Crippen molar-refractivity contribution >= 4 is 0 Å². The van der Waals surface area contributed by atoms with Crippen LogP contribution in [0.3, 0.4) is 0 Å². The Morgan fingerprint density at radius 2 is 1.64 bits per heavy atom. The average molecular weight is 183 g/mol. The van der Waals surface area contributed by atoms with Gasteiger partial charge in [-0.2, -0.15) is 11.6 Å². The highest BCUT2D eigenvalue weighted by atomic mass is 14.1. The number of hydrogen-bond acceptors (Lipinski definition) is 0. The number of rotatable bonds is 1. The first kappa shape index (κ1) is 9.14. The van der Waals surface area contributed by atoms with E-state index in [9.17, 15) is 0 Å². The topological polar surface area (TPSA) is 0 Å². The van der Waals surface area contributed by atoms with E-state index in [1.165, 1.54) is 27.8 Å². The monoisotopic (exact) mass is 183 g/mol. The maximum absolute atomic E-state index is 2.28. The SMILES string of the molecule is Cc1cc(-c2ccccc2)[c-](C)c1C. The molecule has 2 rings (SSSR count). The van der Waals surface area contributed by atoms with Crippen LogP contribution in [0.5, 0.6) is 0 Å². The first-order valence-corrected chi connectivity index (χ1v) is 4.99. The second-order valence-electron chi connectivity index (χ2n) is 3.86. The lowest BCUT2D eigenvalue weighted by Crippen LogP contribution is -1.77. The molecule has 0 aliphatic rings. The molecule has 0 aliphatic heterocycles. The third-order valence-corrected chi connectivity index (χ3v) is 3.00. The second kappa shape index (κ2) is 3.38. The Morgan fingerprint density at radius 1 is 1.00 bits per heavy atom. The van der Waals surface area contributed by atoms with Crippen molar-refractivity contribution in [1.82, 2.24) is 0 Å². The Labute approximate surface area is 85.6 Å². The normalized spacial score (nSPS) is 10.5. The van der Waals surface area contributed by atoms with Gasteiger partial charge < -0.3 is 0 Å². The molecule has 0 spiro atoms. The zero-order chi connectivity index (χ0) is 10.1. The predicted molar refractivity (Wildman–Crippen MR) is 61.7 cm³/mol. The first-order chi connectivity index (χ1) is 6.70. The van der Waals surface area contributed by atoms with Crippen LogP contribution in [0.25, 0.3) is 11.1 Å². The van der Waals surface area contributed by atoms with Crippen LogP contribution in [0.4, 0.5) is 0 Å². The molecule has 0 radical (unpaired) electrons. The lowest BCUT2D eigenvalue weighted by molar-refractivity contribution is 1.34. The molecular formula is C14H15-. The molecule has 0 aromatic heterocycles. The fraction of sp³-hybridized carbons (Fsp3) is 0.214. The van der Waals surface area contributed by atoms with Crippen LogP contribution in [0.1, 0.15) is 16.7 Å². The van der Waals surface area contributed by atoms with E-state index in [1.54, 1.807) is 0 Å². The number of aryl methyl sites for hydroxylation is 1. The van der Waals surface area contributed by atoms with Gasteiger partial charge >= 0.3 is 0 Å². The Morgan fingerprint density at radius 3 is 2.14 bits per heavy atom. The predicted octanol–water partition coefficient (Wildman–Crippen LogP) is 4.00. The van der Waals surface area contributed by atoms with Gasteiger partial charge in [-0.25, -0.2) is 0 Å². The molecular weight excluding hydrogens is 168 g/mol. The van der Waals surface area contributed by atoms with Crippen LogP contribution in [-0.2, 0) is 0 Å². The average Bonchev–Trinajstić information content (AvgIpc) is 2.47. The van der Waals surface area contributed by atoms with E-state index in [4.69, 9.17) is 0 Å². The van der Waals surface area contributed by atoms with Gasteiger partial charge in [-0.3, -0.25) is 0 Å². The molecule has 0 amide bonds. The van der Waals surface area contributed by atoms with Crippen LogP contribution in [0.15, 0.2) is 36.4 Å². The summed E-state index contributed by atoms with van der Waals surface area (Å²) in [7, 11) is 0. The molecule has 0 nitrogen and oxygen atoms in total. The molecule has 0 bridgehead atoms. The van der Waals surface area contributed by atoms with Gasteiger partial charge in [-0.1, -0.05) is 56.7 Å². The molecule has 0 saturated heterocycles. The van der Waals surface area contributed by atoms with Crippen LogP contribution < -0.4 is 0 Å². The summed E-state index contributed by atoms with van der Waals surface area (Å²) >= 11 is 0. The van der Waals surface area contributed by atoms with Crippen molar-refractivity contribution in [3.05, 3.63) is 53.1 Å². The second-order valence-corrected chi connectivity index (χ2v) is 3.86. The largest absolute Gasteiger partial charge is 0.173 e. The molecule has 2 aromatic carbocycles. The molecule has 0 heteroatoms. The zero-order valence-electron chi connectivity index (χ0n) is 8.96. The fourth-order valence-corrected chi connectivity index (χ4v) is 1.85. The lowest BCUT2D eigenvalue weighted by Gasteiger charge is -2.08. The molecule has 0 N–H and O–H groups in total. The summed E-state index contributed by atoms with van der Waals surface area (Å²) in [6.45, 7) is 6.57. The van der Waals surface area contributed by atoms with Gasteiger partial charge in [0.25, 0.3) is 0 Å². The lowest BCUT2D eigenvalue weighted by atomic mass is 10.0. The number of hydrogen-bond donors (Lipinski definition) is 0. The summed E-state index contributed by atoms with van der Waals surface area (Å²) in [4.78, 5) is 0. The van der Waals surface area contributed by atoms with Crippen molar-refractivity contribution in [2.24, 2.45) is 0 Å². The minimum Gasteiger partial charge on any atom is -0.173 e. The van der Waals surface area contributed by atoms with Gasteiger partial charge in [0.2, 0.25) is 0 Å². The highest BCUT2D eigenvalue weighted by molar-refractivity contribution is 5.71. The first-order valence-electron chi connectivity index (χ1n) is 4.99. The summed E-state index contributed by atoms with van der Waals surface area (Å²) in [5.74, 6) is 0. The Balaban J connectivity index is 2.58. The molecule has 0 unspecified atom stereocenters. The summed E-state index contributed by atoms with van der Waals surface area (Å²) < 4.78 is 0. The van der Waals surface area contributed by atoms with E-state index in [0.29, 0.717) is 0 Å². The summed E-state index contributed by atoms with van der Waals surface area (Å²) in [6.07, 6.45) is 0. The molecule has 2 aromatic rings. The third-order valence-electron chi connectivity index (χ3n) is 3.00. The molecule has 14 heavy (non-hydrogen) atoms. The Kier molecular flexibility index (Phi) is 2.20. The van der Waals surface area contributed by atoms with Crippen molar-refractivity contribution in [3.63, 3.8) is 0 Å². The van der Waals surface area contributed by atoms with Crippen LogP contribution in [0, 0.1) is 20.8 Å². The van der Waals surface area contributed by atoms with Crippen LogP contribution in [-0.4, -0.2) is 0 Å². The molecule has 0 atom stereocenters. The van der Waals surface area contributed by atoms with E-state index in [2.05, 4.69) is 57.2 Å². The zero-order valence-corrected chi connectivity index (χ0v) is 8.96. The summed E-state index contributed by atoms with van der Waals surface area (Å²) in [5.41, 5.74) is 6.92. The number of benzene rings is 1. The van der Waals surface area contributed by atoms with Crippen molar-refractivity contribution < 1.29 is 0 Å². The highest BCUT2D eigenvalue weighted by Crippen LogP contribution is 2.29. The Hall–Kier alpha value is -1.43. The molecule has 72 valence electrons. The minimum absolute atomic E-state index is 1.32. The maximum atomic E-state index is 2.28. The van der Waals surface area contributed by atoms with Crippen molar-refractivity contribution in [1.29, 1.82) is 0 Å². The van der Waals surface area contributed by atoms with Crippen molar-refractivity contribution in [2.45, 2.75) is 20.8 Å². The third kappa shape index (κ3) is 1.37. The molecule has 0 saturated carbocycles. The van der Waals surface area contributed by atoms with Gasteiger partial charge in [0, 0.05) is 0 Å². The minimum atomic E-state index is 1.32. The van der Waals surface area contributed by atoms with Gasteiger partial charge in [0.05, 0.1) is 0 Å². The van der Waals surface area contributed by atoms with E-state index in [0.717, 1.165) is 0 Å². The summed E-state index contributed by atoms with van der Waals surface area (Å²) in [6, 6.07) is 12.8. The van der Waals surface area contributed by atoms with Gasteiger partial charge in [0.1, 0.15) is 0 Å². The Bertz CT molecular complexity index is 433. The van der Waals surface area contributed by atoms with Crippen molar-refractivity contribution in [2.75, 3.05) is 0 Å². The van der Waals surface area contributed by atoms with Gasteiger partial charge in [0.15, 0.2) is 0 Å². The van der Waals surface area contributed by atoms with E-state index >= 15 is 0 Å². The van der Waals surface area contributed by atoms with Crippen molar-refractivity contribution in [3.8, 4) is 11.1 Å². The molecule has 0 heterocycles. The van der Waals surface area contributed by atoms with E-state index in [1.807, 2.05) is 0 Å². The van der Waals surface area contributed by atoms with E-state index in [-0.39, 0.29) is 0 Å². The maximum Gasteiger partial charge on any atom is -0.0574 e. The smallest absolute Gasteiger partial charge is 0.0574 e. The fourth-order valence-electron chi connectivity index (χ4n) is 1.85. The van der Waals surface area contributed by atoms with Crippen LogP contribution >= 0.6 is 0 Å². The van der Waals surface area contributed by atoms with Gasteiger partial charge in [-0.15, -0.1) is 16.7 Å². The molecule has 0 fully saturated rings.